The van der Waals surface area contributed by atoms with Gasteiger partial charge < -0.3 is 15.5 Å². The lowest BCUT2D eigenvalue weighted by Crippen LogP contribution is -2.52. The number of rotatable bonds is 5. The topological polar surface area (TPSA) is 64.7 Å². The Morgan fingerprint density at radius 3 is 2.43 bits per heavy atom. The van der Waals surface area contributed by atoms with E-state index in [2.05, 4.69) is 46.7 Å². The lowest BCUT2D eigenvalue weighted by molar-refractivity contribution is -0.130. The van der Waals surface area contributed by atoms with Gasteiger partial charge in [-0.15, -0.1) is 12.4 Å². The fourth-order valence-corrected chi connectivity index (χ4v) is 4.04. The third-order valence-corrected chi connectivity index (χ3v) is 5.78. The molecule has 0 radical (unpaired) electrons. The summed E-state index contributed by atoms with van der Waals surface area (Å²) >= 11 is 0. The minimum atomic E-state index is 0. The minimum Gasteiger partial charge on any atom is -0.352 e. The average molecular weight is 409 g/mol. The number of carbonyl (C=O) groups is 2. The summed E-state index contributed by atoms with van der Waals surface area (Å²) < 4.78 is 0. The summed E-state index contributed by atoms with van der Waals surface area (Å²) in [6.07, 6.45) is 2.72. The van der Waals surface area contributed by atoms with Gasteiger partial charge >= 0.3 is 0 Å². The Balaban J connectivity index is 0.00000280. The van der Waals surface area contributed by atoms with Crippen molar-refractivity contribution in [3.8, 4) is 0 Å². The van der Waals surface area contributed by atoms with Crippen molar-refractivity contribution in [3.05, 3.63) is 35.4 Å². The second kappa shape index (κ2) is 10.8. The monoisotopic (exact) mass is 408 g/mol. The van der Waals surface area contributed by atoms with Gasteiger partial charge in [0.1, 0.15) is 0 Å². The first-order valence-corrected chi connectivity index (χ1v) is 10.1. The van der Waals surface area contributed by atoms with Gasteiger partial charge in [-0.2, -0.15) is 0 Å². The summed E-state index contributed by atoms with van der Waals surface area (Å²) in [7, 11) is 0. The highest BCUT2D eigenvalue weighted by Crippen LogP contribution is 2.22. The number of aryl methyl sites for hydroxylation is 1. The molecule has 1 atom stereocenters. The molecule has 3 rings (SSSR count). The Bertz CT molecular complexity index is 644. The molecular formula is C21H33ClN4O2. The number of piperazine rings is 1. The molecule has 2 aliphatic rings. The Kier molecular flexibility index (Phi) is 8.73. The maximum Gasteiger partial charge on any atom is 0.234 e. The second-order valence-electron chi connectivity index (χ2n) is 7.63. The smallest absolute Gasteiger partial charge is 0.234 e. The van der Waals surface area contributed by atoms with Crippen molar-refractivity contribution in [2.24, 2.45) is 0 Å². The molecule has 0 saturated carbocycles. The lowest BCUT2D eigenvalue weighted by atomic mass is 10.0. The number of amides is 2. The van der Waals surface area contributed by atoms with E-state index < -0.39 is 0 Å². The molecule has 1 aromatic rings. The molecule has 1 unspecified atom stereocenters. The largest absolute Gasteiger partial charge is 0.352 e. The van der Waals surface area contributed by atoms with Gasteiger partial charge in [-0.25, -0.2) is 0 Å². The number of hydrogen-bond donors (Lipinski definition) is 2. The number of piperidine rings is 1. The van der Waals surface area contributed by atoms with Crippen LogP contribution in [0.4, 0.5) is 0 Å². The van der Waals surface area contributed by atoms with E-state index in [1.54, 1.807) is 6.92 Å². The fraction of sp³-hybridized carbons (Fsp3) is 0.619. The third kappa shape index (κ3) is 5.93. The van der Waals surface area contributed by atoms with Gasteiger partial charge in [0.15, 0.2) is 0 Å². The molecule has 2 heterocycles. The molecule has 0 bridgehead atoms. The Morgan fingerprint density at radius 1 is 1.14 bits per heavy atom. The van der Waals surface area contributed by atoms with Crippen LogP contribution in [0.3, 0.4) is 0 Å². The lowest BCUT2D eigenvalue weighted by Gasteiger charge is -2.37. The van der Waals surface area contributed by atoms with Gasteiger partial charge in [-0.3, -0.25) is 14.5 Å². The van der Waals surface area contributed by atoms with Crippen LogP contribution in [-0.4, -0.2) is 66.9 Å². The summed E-state index contributed by atoms with van der Waals surface area (Å²) in [4.78, 5) is 28.2. The van der Waals surface area contributed by atoms with Crippen molar-refractivity contribution < 1.29 is 9.59 Å². The van der Waals surface area contributed by atoms with Gasteiger partial charge in [0, 0.05) is 51.7 Å². The van der Waals surface area contributed by atoms with Gasteiger partial charge in [-0.05, 0) is 30.4 Å². The molecule has 156 valence electrons. The summed E-state index contributed by atoms with van der Waals surface area (Å²) in [6.45, 7) is 8.32. The van der Waals surface area contributed by atoms with Crippen molar-refractivity contribution in [2.45, 2.75) is 45.2 Å². The van der Waals surface area contributed by atoms with Crippen molar-refractivity contribution in [1.82, 2.24) is 20.4 Å². The molecule has 0 aliphatic carbocycles. The number of halogens is 1. The number of nitrogens with zero attached hydrogens (tertiary/aromatic N) is 2. The first-order valence-electron chi connectivity index (χ1n) is 10.1. The number of hydrogen-bond acceptors (Lipinski definition) is 4. The minimum absolute atomic E-state index is 0. The van der Waals surface area contributed by atoms with E-state index in [0.717, 1.165) is 52.0 Å². The van der Waals surface area contributed by atoms with Gasteiger partial charge in [0.05, 0.1) is 6.54 Å². The Hall–Kier alpha value is -1.63. The van der Waals surface area contributed by atoms with Gasteiger partial charge in [0.25, 0.3) is 0 Å². The van der Waals surface area contributed by atoms with Gasteiger partial charge in [-0.1, -0.05) is 31.2 Å². The van der Waals surface area contributed by atoms with Crippen LogP contribution < -0.4 is 10.6 Å². The zero-order valence-electron chi connectivity index (χ0n) is 16.9. The summed E-state index contributed by atoms with van der Waals surface area (Å²) in [6, 6.07) is 9.17. The summed E-state index contributed by atoms with van der Waals surface area (Å²) in [5, 5.41) is 6.63. The van der Waals surface area contributed by atoms with Gasteiger partial charge in [0.2, 0.25) is 11.8 Å². The molecule has 2 aliphatic heterocycles. The quantitative estimate of drug-likeness (QED) is 0.779. The number of likely N-dealkylation sites (tertiary alicyclic amines) is 1. The van der Waals surface area contributed by atoms with Crippen LogP contribution in [0.15, 0.2) is 24.3 Å². The van der Waals surface area contributed by atoms with E-state index in [0.29, 0.717) is 6.54 Å². The maximum absolute atomic E-state index is 12.6. The molecule has 28 heavy (non-hydrogen) atoms. The molecule has 2 fully saturated rings. The molecule has 0 spiro atoms. The summed E-state index contributed by atoms with van der Waals surface area (Å²) in [5.41, 5.74) is 2.60. The molecule has 1 aromatic carbocycles. The molecule has 2 N–H and O–H groups in total. The first kappa shape index (κ1) is 22.7. The Morgan fingerprint density at radius 2 is 1.82 bits per heavy atom. The first-order chi connectivity index (χ1) is 13.1. The van der Waals surface area contributed by atoms with Crippen LogP contribution in [0, 0.1) is 0 Å². The van der Waals surface area contributed by atoms with Crippen molar-refractivity contribution in [2.75, 3.05) is 39.3 Å². The van der Waals surface area contributed by atoms with Crippen LogP contribution in [0.25, 0.3) is 0 Å². The molecule has 2 saturated heterocycles. The SMILES string of the molecule is CCc1ccc(C2CNCCN2CC(=O)NC2CCN(C(C)=O)CC2)cc1.Cl. The van der Waals surface area contributed by atoms with E-state index >= 15 is 0 Å². The third-order valence-electron chi connectivity index (χ3n) is 5.78. The van der Waals surface area contributed by atoms with Crippen molar-refractivity contribution >= 4 is 24.2 Å². The van der Waals surface area contributed by atoms with E-state index in [4.69, 9.17) is 0 Å². The maximum atomic E-state index is 12.6. The Labute approximate surface area is 174 Å². The fourth-order valence-electron chi connectivity index (χ4n) is 4.04. The van der Waals surface area contributed by atoms with E-state index in [9.17, 15) is 9.59 Å². The average Bonchev–Trinajstić information content (AvgIpc) is 2.69. The predicted molar refractivity (Wildman–Crippen MR) is 114 cm³/mol. The summed E-state index contributed by atoms with van der Waals surface area (Å²) in [5.74, 6) is 0.214. The molecular weight excluding hydrogens is 376 g/mol. The highest BCUT2D eigenvalue weighted by atomic mass is 35.5. The zero-order valence-corrected chi connectivity index (χ0v) is 17.8. The van der Waals surface area contributed by atoms with E-state index in [-0.39, 0.29) is 36.3 Å². The normalized spacial score (nSPS) is 21.1. The molecule has 7 heteroatoms. The van der Waals surface area contributed by atoms with Crippen LogP contribution in [0.1, 0.15) is 43.9 Å². The molecule has 6 nitrogen and oxygen atoms in total. The highest BCUT2D eigenvalue weighted by molar-refractivity contribution is 5.85. The number of benzene rings is 1. The number of nitrogens with one attached hydrogen (secondary N) is 2. The highest BCUT2D eigenvalue weighted by Gasteiger charge is 2.27. The second-order valence-corrected chi connectivity index (χ2v) is 7.63. The molecule has 0 aromatic heterocycles. The van der Waals surface area contributed by atoms with Crippen LogP contribution in [-0.2, 0) is 16.0 Å². The molecule has 2 amide bonds. The van der Waals surface area contributed by atoms with Crippen molar-refractivity contribution in [1.29, 1.82) is 0 Å². The predicted octanol–water partition coefficient (Wildman–Crippen LogP) is 1.74. The van der Waals surface area contributed by atoms with Crippen LogP contribution >= 0.6 is 12.4 Å². The number of carbonyl (C=O) groups excluding carboxylic acids is 2. The van der Waals surface area contributed by atoms with E-state index in [1.165, 1.54) is 11.1 Å². The van der Waals surface area contributed by atoms with E-state index in [1.807, 2.05) is 4.90 Å². The van der Waals surface area contributed by atoms with Crippen LogP contribution in [0.5, 0.6) is 0 Å². The van der Waals surface area contributed by atoms with Crippen molar-refractivity contribution in [3.63, 3.8) is 0 Å². The zero-order chi connectivity index (χ0) is 19.2. The van der Waals surface area contributed by atoms with Crippen LogP contribution in [0.2, 0.25) is 0 Å². The standard InChI is InChI=1S/C21H32N4O2.ClH/c1-3-17-4-6-18(7-5-17)20-14-22-10-13-25(20)15-21(27)23-19-8-11-24(12-9-19)16(2)26;/h4-7,19-20,22H,3,8-15H2,1-2H3,(H,23,27);1H.